The first-order valence-corrected chi connectivity index (χ1v) is 5.14. The molecule has 0 fully saturated rings. The molecule has 1 aromatic rings. The van der Waals surface area contributed by atoms with Crippen LogP contribution in [-0.4, -0.2) is 24.6 Å². The Morgan fingerprint density at radius 1 is 1.40 bits per heavy atom. The maximum absolute atomic E-state index is 11.0. The molecule has 0 aliphatic heterocycles. The van der Waals surface area contributed by atoms with E-state index in [4.69, 9.17) is 11.6 Å². The second-order valence-corrected chi connectivity index (χ2v) is 4.51. The minimum Gasteiger partial charge on any atom is -0.270 e. The molecule has 4 heteroatoms. The molecule has 0 heterocycles. The molecule has 0 radical (unpaired) electrons. The summed E-state index contributed by atoms with van der Waals surface area (Å²) in [5, 5.41) is 0.731. The lowest BCUT2D eigenvalue weighted by atomic mass is 10.2. The molecule has 0 aliphatic carbocycles. The zero-order chi connectivity index (χ0) is 11.5. The smallest absolute Gasteiger partial charge is 0.261 e. The predicted octanol–water partition coefficient (Wildman–Crippen LogP) is 1.97. The number of hydrogen-bond donors (Lipinski definition) is 1. The highest BCUT2D eigenvalue weighted by atomic mass is 35.5. The Balaban J connectivity index is 2.77. The summed E-state index contributed by atoms with van der Waals surface area (Å²) in [6.07, 6.45) is 0. The number of hydrogen-bond acceptors (Lipinski definition) is 1. The predicted molar refractivity (Wildman–Crippen MR) is 61.1 cm³/mol. The first kappa shape index (κ1) is 12.0. The molecule has 0 aliphatic rings. The summed E-state index contributed by atoms with van der Waals surface area (Å²) in [6, 6.07) is 7.65. The summed E-state index contributed by atoms with van der Waals surface area (Å²) in [5.74, 6) is -0.0490. The topological polar surface area (TPSA) is 29.1 Å². The fraction of sp³-hybridized carbons (Fsp3) is 0.364. The van der Waals surface area contributed by atoms with E-state index >= 15 is 0 Å². The van der Waals surface area contributed by atoms with E-state index in [9.17, 15) is 4.79 Å². The molecule has 1 N–H and O–H groups in total. The summed E-state index contributed by atoms with van der Waals surface area (Å²) < 4.78 is 0.388. The second kappa shape index (κ2) is 4.64. The van der Waals surface area contributed by atoms with Crippen molar-refractivity contribution in [2.75, 3.05) is 14.1 Å². The minimum atomic E-state index is -0.0490. The van der Waals surface area contributed by atoms with Crippen molar-refractivity contribution in [3.05, 3.63) is 34.9 Å². The van der Waals surface area contributed by atoms with Gasteiger partial charge in [0.05, 0.1) is 14.1 Å². The van der Waals surface area contributed by atoms with E-state index in [1.54, 1.807) is 0 Å². The Morgan fingerprint density at radius 2 is 2.00 bits per heavy atom. The normalized spacial score (nSPS) is 11.2. The second-order valence-electron chi connectivity index (χ2n) is 4.10. The van der Waals surface area contributed by atoms with Gasteiger partial charge in [0.2, 0.25) is 0 Å². The average molecular weight is 228 g/mol. The minimum absolute atomic E-state index is 0.0490. The lowest BCUT2D eigenvalue weighted by molar-refractivity contribution is -0.938. The van der Waals surface area contributed by atoms with Crippen molar-refractivity contribution >= 4 is 17.5 Å². The number of carbonyl (C=O) groups excluding carboxylic acids is 1. The van der Waals surface area contributed by atoms with E-state index < -0.39 is 0 Å². The Morgan fingerprint density at radius 3 is 2.53 bits per heavy atom. The Kier molecular flexibility index (Phi) is 3.72. The molecule has 1 rings (SSSR count). The summed E-state index contributed by atoms with van der Waals surface area (Å²) in [5.41, 5.74) is 3.86. The zero-order valence-corrected chi connectivity index (χ0v) is 10.0. The first-order chi connectivity index (χ1) is 6.91. The van der Waals surface area contributed by atoms with Gasteiger partial charge in [0.25, 0.3) is 5.91 Å². The van der Waals surface area contributed by atoms with Crippen molar-refractivity contribution in [3.63, 3.8) is 0 Å². The van der Waals surface area contributed by atoms with Gasteiger partial charge in [-0.1, -0.05) is 29.8 Å². The van der Waals surface area contributed by atoms with Gasteiger partial charge in [-0.05, 0) is 6.07 Å². The Hall–Kier alpha value is -1.06. The van der Waals surface area contributed by atoms with Gasteiger partial charge in [-0.15, -0.1) is 0 Å². The molecule has 0 saturated carbocycles. The van der Waals surface area contributed by atoms with Gasteiger partial charge in [-0.3, -0.25) is 4.79 Å². The van der Waals surface area contributed by atoms with Gasteiger partial charge in [0.1, 0.15) is 6.54 Å². The highest BCUT2D eigenvalue weighted by Gasteiger charge is 2.18. The van der Waals surface area contributed by atoms with Crippen LogP contribution in [0, 0.1) is 0 Å². The Bertz CT molecular complexity index is 363. The van der Waals surface area contributed by atoms with Crippen LogP contribution in [0.3, 0.4) is 0 Å². The first-order valence-electron chi connectivity index (χ1n) is 4.76. The molecule has 0 atom stereocenters. The van der Waals surface area contributed by atoms with E-state index in [-0.39, 0.29) is 5.91 Å². The Labute approximate surface area is 95.2 Å². The molecule has 3 nitrogen and oxygen atoms in total. The molecule has 0 spiro atoms. The SMILES string of the molecule is CC(=O)N[N+](C)(C)Cc1ccccc1Cl. The van der Waals surface area contributed by atoms with Gasteiger partial charge < -0.3 is 0 Å². The number of nitrogens with zero attached hydrogens (tertiary/aromatic N) is 1. The van der Waals surface area contributed by atoms with Crippen molar-refractivity contribution in [2.45, 2.75) is 13.5 Å². The standard InChI is InChI=1S/C11H15ClN2O/c1-9(15)13-14(2,3)8-10-6-4-5-7-11(10)12/h4-7H,8H2,1-3H3/p+1. The highest BCUT2D eigenvalue weighted by molar-refractivity contribution is 6.31. The molecule has 1 amide bonds. The van der Waals surface area contributed by atoms with Crippen LogP contribution in [0.1, 0.15) is 12.5 Å². The lowest BCUT2D eigenvalue weighted by Gasteiger charge is -2.28. The third-order valence-corrected chi connectivity index (χ3v) is 2.35. The van der Waals surface area contributed by atoms with Crippen molar-refractivity contribution in [2.24, 2.45) is 0 Å². The number of amides is 1. The third-order valence-electron chi connectivity index (χ3n) is 1.98. The van der Waals surface area contributed by atoms with Gasteiger partial charge in [-0.25, -0.2) is 10.0 Å². The van der Waals surface area contributed by atoms with Crippen molar-refractivity contribution in [1.82, 2.24) is 5.43 Å². The van der Waals surface area contributed by atoms with Crippen LogP contribution in [0.5, 0.6) is 0 Å². The van der Waals surface area contributed by atoms with E-state index in [0.717, 1.165) is 10.6 Å². The van der Waals surface area contributed by atoms with Gasteiger partial charge in [0, 0.05) is 17.5 Å². The van der Waals surface area contributed by atoms with Gasteiger partial charge >= 0.3 is 0 Å². The number of carbonyl (C=O) groups is 1. The van der Waals surface area contributed by atoms with Crippen molar-refractivity contribution in [3.8, 4) is 0 Å². The van der Waals surface area contributed by atoms with E-state index in [0.29, 0.717) is 11.1 Å². The monoisotopic (exact) mass is 227 g/mol. The lowest BCUT2D eigenvalue weighted by Crippen LogP contribution is -2.52. The van der Waals surface area contributed by atoms with Gasteiger partial charge in [0.15, 0.2) is 0 Å². The number of halogens is 1. The van der Waals surface area contributed by atoms with E-state index in [1.807, 2.05) is 38.4 Å². The largest absolute Gasteiger partial charge is 0.270 e. The summed E-state index contributed by atoms with van der Waals surface area (Å²) in [4.78, 5) is 11.0. The molecule has 82 valence electrons. The summed E-state index contributed by atoms with van der Waals surface area (Å²) in [6.45, 7) is 2.17. The summed E-state index contributed by atoms with van der Waals surface area (Å²) in [7, 11) is 3.84. The molecule has 15 heavy (non-hydrogen) atoms. The summed E-state index contributed by atoms with van der Waals surface area (Å²) >= 11 is 6.04. The van der Waals surface area contributed by atoms with Gasteiger partial charge in [-0.2, -0.15) is 0 Å². The maximum atomic E-state index is 11.0. The zero-order valence-electron chi connectivity index (χ0n) is 9.25. The fourth-order valence-corrected chi connectivity index (χ4v) is 1.71. The van der Waals surface area contributed by atoms with Crippen LogP contribution in [0.25, 0.3) is 0 Å². The molecular formula is C11H16ClN2O+. The number of quaternary nitrogens is 1. The third kappa shape index (κ3) is 3.90. The molecule has 1 aromatic carbocycles. The highest BCUT2D eigenvalue weighted by Crippen LogP contribution is 2.17. The van der Waals surface area contributed by atoms with Crippen LogP contribution < -0.4 is 5.43 Å². The van der Waals surface area contributed by atoms with Crippen LogP contribution >= 0.6 is 11.6 Å². The van der Waals surface area contributed by atoms with E-state index in [2.05, 4.69) is 5.43 Å². The van der Waals surface area contributed by atoms with Crippen LogP contribution in [0.4, 0.5) is 0 Å². The maximum Gasteiger partial charge on any atom is 0.261 e. The molecular weight excluding hydrogens is 212 g/mol. The van der Waals surface area contributed by atoms with E-state index in [1.165, 1.54) is 6.92 Å². The average Bonchev–Trinajstić information content (AvgIpc) is 2.06. The van der Waals surface area contributed by atoms with Crippen LogP contribution in [0.2, 0.25) is 5.02 Å². The van der Waals surface area contributed by atoms with Crippen molar-refractivity contribution in [1.29, 1.82) is 0 Å². The number of benzene rings is 1. The molecule has 0 aromatic heterocycles. The molecule has 0 saturated heterocycles. The quantitative estimate of drug-likeness (QED) is 0.621. The van der Waals surface area contributed by atoms with Crippen LogP contribution in [-0.2, 0) is 11.3 Å². The number of nitrogens with one attached hydrogen (secondary N) is 1. The number of rotatable bonds is 3. The molecule has 0 unspecified atom stereocenters. The van der Waals surface area contributed by atoms with Crippen LogP contribution in [0.15, 0.2) is 24.3 Å². The van der Waals surface area contributed by atoms with Crippen molar-refractivity contribution < 1.29 is 9.39 Å². The fourth-order valence-electron chi connectivity index (χ4n) is 1.52. The molecule has 0 bridgehead atoms.